The number of aryl methyl sites for hydroxylation is 2. The standard InChI is InChI=1S/C11H15N3OS/c1-3-10-5-13-11(15-10)6-12-4-9-7-16-8(2)14-9/h5,7,12H,3-4,6H2,1-2H3. The lowest BCUT2D eigenvalue weighted by molar-refractivity contribution is 0.438. The van der Waals surface area contributed by atoms with Gasteiger partial charge >= 0.3 is 0 Å². The lowest BCUT2D eigenvalue weighted by Crippen LogP contribution is -2.13. The molecule has 2 heterocycles. The molecule has 0 aliphatic heterocycles. The minimum Gasteiger partial charge on any atom is -0.444 e. The number of hydrogen-bond donors (Lipinski definition) is 1. The van der Waals surface area contributed by atoms with Gasteiger partial charge in [0.05, 0.1) is 23.4 Å². The minimum absolute atomic E-state index is 0.649. The van der Waals surface area contributed by atoms with E-state index in [0.717, 1.165) is 35.3 Å². The van der Waals surface area contributed by atoms with Crippen LogP contribution < -0.4 is 5.32 Å². The number of thiazole rings is 1. The van der Waals surface area contributed by atoms with E-state index in [1.807, 2.05) is 6.92 Å². The summed E-state index contributed by atoms with van der Waals surface area (Å²) in [4.78, 5) is 8.54. The van der Waals surface area contributed by atoms with Gasteiger partial charge < -0.3 is 9.73 Å². The SMILES string of the molecule is CCc1cnc(CNCc2csc(C)n2)o1. The van der Waals surface area contributed by atoms with Gasteiger partial charge in [-0.2, -0.15) is 0 Å². The van der Waals surface area contributed by atoms with Crippen LogP contribution in [0.1, 0.15) is 29.3 Å². The molecule has 0 aliphatic rings. The predicted octanol–water partition coefficient (Wildman–Crippen LogP) is 2.29. The third kappa shape index (κ3) is 2.90. The molecule has 0 unspecified atom stereocenters. The van der Waals surface area contributed by atoms with Gasteiger partial charge in [-0.3, -0.25) is 0 Å². The van der Waals surface area contributed by atoms with Gasteiger partial charge in [0.2, 0.25) is 5.89 Å². The summed E-state index contributed by atoms with van der Waals surface area (Å²) >= 11 is 1.67. The van der Waals surface area contributed by atoms with E-state index in [1.165, 1.54) is 0 Å². The third-order valence-electron chi connectivity index (χ3n) is 2.20. The van der Waals surface area contributed by atoms with Crippen molar-refractivity contribution < 1.29 is 4.42 Å². The van der Waals surface area contributed by atoms with Gasteiger partial charge in [0.25, 0.3) is 0 Å². The van der Waals surface area contributed by atoms with Crippen LogP contribution in [-0.4, -0.2) is 9.97 Å². The zero-order chi connectivity index (χ0) is 11.4. The maximum atomic E-state index is 5.48. The number of rotatable bonds is 5. The zero-order valence-corrected chi connectivity index (χ0v) is 10.3. The minimum atomic E-state index is 0.649. The van der Waals surface area contributed by atoms with Crippen LogP contribution in [0.15, 0.2) is 16.0 Å². The summed E-state index contributed by atoms with van der Waals surface area (Å²) in [7, 11) is 0. The van der Waals surface area contributed by atoms with E-state index in [2.05, 4.69) is 27.6 Å². The summed E-state index contributed by atoms with van der Waals surface area (Å²) in [6.45, 7) is 5.47. The highest BCUT2D eigenvalue weighted by Crippen LogP contribution is 2.08. The Bertz CT molecular complexity index is 450. The largest absolute Gasteiger partial charge is 0.444 e. The molecule has 0 aliphatic carbocycles. The molecular formula is C11H15N3OS. The number of nitrogens with zero attached hydrogens (tertiary/aromatic N) is 2. The second-order valence-corrected chi connectivity index (χ2v) is 4.60. The van der Waals surface area contributed by atoms with Crippen LogP contribution in [0.4, 0.5) is 0 Å². The van der Waals surface area contributed by atoms with E-state index in [4.69, 9.17) is 4.42 Å². The number of nitrogens with one attached hydrogen (secondary N) is 1. The van der Waals surface area contributed by atoms with Gasteiger partial charge in [0.1, 0.15) is 5.76 Å². The van der Waals surface area contributed by atoms with E-state index in [9.17, 15) is 0 Å². The van der Waals surface area contributed by atoms with Crippen LogP contribution in [0.2, 0.25) is 0 Å². The van der Waals surface area contributed by atoms with Gasteiger partial charge in [-0.25, -0.2) is 9.97 Å². The highest BCUT2D eigenvalue weighted by Gasteiger charge is 2.02. The number of oxazole rings is 1. The Morgan fingerprint density at radius 1 is 1.44 bits per heavy atom. The van der Waals surface area contributed by atoms with Crippen LogP contribution in [0.5, 0.6) is 0 Å². The average Bonchev–Trinajstić information content (AvgIpc) is 2.88. The van der Waals surface area contributed by atoms with Crippen LogP contribution in [0.25, 0.3) is 0 Å². The molecule has 0 amide bonds. The molecule has 5 heteroatoms. The number of aromatic nitrogens is 2. The van der Waals surface area contributed by atoms with Crippen LogP contribution >= 0.6 is 11.3 Å². The summed E-state index contributed by atoms with van der Waals surface area (Å²) in [5.74, 6) is 1.67. The summed E-state index contributed by atoms with van der Waals surface area (Å²) in [5.41, 5.74) is 1.07. The molecule has 2 aromatic heterocycles. The normalized spacial score (nSPS) is 10.9. The molecule has 0 aromatic carbocycles. The lowest BCUT2D eigenvalue weighted by Gasteiger charge is -1.98. The van der Waals surface area contributed by atoms with E-state index >= 15 is 0 Å². The van der Waals surface area contributed by atoms with Gasteiger partial charge in [-0.1, -0.05) is 6.92 Å². The second kappa shape index (κ2) is 5.23. The first kappa shape index (κ1) is 11.3. The fraction of sp³-hybridized carbons (Fsp3) is 0.455. The molecule has 0 radical (unpaired) electrons. The van der Waals surface area contributed by atoms with E-state index in [-0.39, 0.29) is 0 Å². The molecule has 4 nitrogen and oxygen atoms in total. The topological polar surface area (TPSA) is 51.0 Å². The zero-order valence-electron chi connectivity index (χ0n) is 9.49. The lowest BCUT2D eigenvalue weighted by atomic mass is 10.4. The molecule has 0 atom stereocenters. The van der Waals surface area contributed by atoms with Crippen LogP contribution in [0, 0.1) is 6.92 Å². The Hall–Kier alpha value is -1.20. The Kier molecular flexibility index (Phi) is 3.69. The molecule has 0 bridgehead atoms. The highest BCUT2D eigenvalue weighted by atomic mass is 32.1. The molecule has 0 fully saturated rings. The predicted molar refractivity (Wildman–Crippen MR) is 63.3 cm³/mol. The van der Waals surface area contributed by atoms with E-state index in [1.54, 1.807) is 17.5 Å². The van der Waals surface area contributed by atoms with Gasteiger partial charge in [0, 0.05) is 18.3 Å². The first-order chi connectivity index (χ1) is 7.78. The molecule has 86 valence electrons. The average molecular weight is 237 g/mol. The molecule has 2 rings (SSSR count). The second-order valence-electron chi connectivity index (χ2n) is 3.54. The van der Waals surface area contributed by atoms with E-state index in [0.29, 0.717) is 6.54 Å². The van der Waals surface area contributed by atoms with Crippen molar-refractivity contribution in [3.8, 4) is 0 Å². The fourth-order valence-corrected chi connectivity index (χ4v) is 1.99. The van der Waals surface area contributed by atoms with Crippen molar-refractivity contribution in [3.05, 3.63) is 33.9 Å². The van der Waals surface area contributed by atoms with Crippen molar-refractivity contribution >= 4 is 11.3 Å². The summed E-state index contributed by atoms with van der Waals surface area (Å²) in [5, 5.41) is 6.42. The first-order valence-electron chi connectivity index (χ1n) is 5.33. The van der Waals surface area contributed by atoms with Crippen molar-refractivity contribution in [1.29, 1.82) is 0 Å². The van der Waals surface area contributed by atoms with Crippen molar-refractivity contribution in [2.75, 3.05) is 0 Å². The van der Waals surface area contributed by atoms with Gasteiger partial charge in [-0.05, 0) is 6.92 Å². The summed E-state index contributed by atoms with van der Waals surface area (Å²) in [6, 6.07) is 0. The fourth-order valence-electron chi connectivity index (χ4n) is 1.38. The maximum Gasteiger partial charge on any atom is 0.208 e. The monoisotopic (exact) mass is 237 g/mol. The third-order valence-corrected chi connectivity index (χ3v) is 3.02. The molecular weight excluding hydrogens is 222 g/mol. The Morgan fingerprint density at radius 3 is 2.94 bits per heavy atom. The molecule has 0 saturated carbocycles. The molecule has 1 N–H and O–H groups in total. The Balaban J connectivity index is 1.79. The van der Waals surface area contributed by atoms with Crippen molar-refractivity contribution in [2.45, 2.75) is 33.4 Å². The number of hydrogen-bond acceptors (Lipinski definition) is 5. The van der Waals surface area contributed by atoms with Crippen molar-refractivity contribution in [2.24, 2.45) is 0 Å². The highest BCUT2D eigenvalue weighted by molar-refractivity contribution is 7.09. The van der Waals surface area contributed by atoms with Gasteiger partial charge in [-0.15, -0.1) is 11.3 Å². The smallest absolute Gasteiger partial charge is 0.208 e. The van der Waals surface area contributed by atoms with Crippen molar-refractivity contribution in [1.82, 2.24) is 15.3 Å². The molecule has 0 spiro atoms. The molecule has 0 saturated heterocycles. The Labute approximate surface area is 98.7 Å². The van der Waals surface area contributed by atoms with Gasteiger partial charge in [0.15, 0.2) is 0 Å². The van der Waals surface area contributed by atoms with E-state index < -0.39 is 0 Å². The summed E-state index contributed by atoms with van der Waals surface area (Å²) in [6.07, 6.45) is 2.67. The van der Waals surface area contributed by atoms with Crippen molar-refractivity contribution in [3.63, 3.8) is 0 Å². The quantitative estimate of drug-likeness (QED) is 0.867. The molecule has 2 aromatic rings. The first-order valence-corrected chi connectivity index (χ1v) is 6.21. The maximum absolute atomic E-state index is 5.48. The Morgan fingerprint density at radius 2 is 2.31 bits per heavy atom. The van der Waals surface area contributed by atoms with Crippen LogP contribution in [-0.2, 0) is 19.5 Å². The summed E-state index contributed by atoms with van der Waals surface area (Å²) < 4.78 is 5.48. The van der Waals surface area contributed by atoms with Crippen LogP contribution in [0.3, 0.4) is 0 Å². The molecule has 16 heavy (non-hydrogen) atoms.